The van der Waals surface area contributed by atoms with Crippen molar-refractivity contribution in [3.63, 3.8) is 0 Å². The average Bonchev–Trinajstić information content (AvgIpc) is 2.35. The summed E-state index contributed by atoms with van der Waals surface area (Å²) in [6.07, 6.45) is 0. The maximum atomic E-state index is 13.4. The molecular formula is C12H18FN3O3. The molecule has 7 heteroatoms. The number of hydrogen-bond donors (Lipinski definition) is 2. The van der Waals surface area contributed by atoms with E-state index in [-0.39, 0.29) is 17.1 Å². The van der Waals surface area contributed by atoms with Gasteiger partial charge in [0.15, 0.2) is 11.6 Å². The first-order chi connectivity index (χ1) is 8.95. The number of rotatable bonds is 7. The van der Waals surface area contributed by atoms with E-state index in [2.05, 4.69) is 10.6 Å². The number of benzene rings is 1. The third kappa shape index (κ3) is 4.36. The third-order valence-corrected chi connectivity index (χ3v) is 2.46. The van der Waals surface area contributed by atoms with Crippen LogP contribution in [-0.4, -0.2) is 31.2 Å². The molecule has 0 radical (unpaired) electrons. The van der Waals surface area contributed by atoms with Gasteiger partial charge >= 0.3 is 0 Å². The number of nitrogens with zero attached hydrogens (tertiary/aromatic N) is 1. The summed E-state index contributed by atoms with van der Waals surface area (Å²) in [6.45, 7) is 5.15. The largest absolute Gasteiger partial charge is 0.494 e. The quantitative estimate of drug-likeness (QED) is 0.451. The maximum absolute atomic E-state index is 13.4. The van der Waals surface area contributed by atoms with Crippen molar-refractivity contribution in [2.75, 3.05) is 25.5 Å². The summed E-state index contributed by atoms with van der Waals surface area (Å²) < 4.78 is 18.2. The van der Waals surface area contributed by atoms with Crippen LogP contribution in [0.3, 0.4) is 0 Å². The maximum Gasteiger partial charge on any atom is 0.295 e. The van der Waals surface area contributed by atoms with Crippen molar-refractivity contribution in [3.8, 4) is 5.75 Å². The molecule has 0 amide bonds. The Bertz CT molecular complexity index is 452. The van der Waals surface area contributed by atoms with Gasteiger partial charge in [0.05, 0.1) is 18.1 Å². The Hall–Kier alpha value is -1.89. The number of nitro benzene ring substituents is 1. The van der Waals surface area contributed by atoms with Crippen LogP contribution in [0, 0.1) is 15.9 Å². The molecule has 0 aliphatic rings. The standard InChI is InChI=1S/C12H18FN3O3/c1-8(2)14-4-5-15-10-7-12(19-3)9(13)6-11(10)16(17)18/h6-8,14-15H,4-5H2,1-3H3. The van der Waals surface area contributed by atoms with Gasteiger partial charge in [-0.05, 0) is 0 Å². The van der Waals surface area contributed by atoms with Gasteiger partial charge in [0, 0.05) is 25.2 Å². The molecule has 1 aromatic rings. The molecule has 19 heavy (non-hydrogen) atoms. The molecule has 1 aromatic carbocycles. The lowest BCUT2D eigenvalue weighted by atomic mass is 10.2. The van der Waals surface area contributed by atoms with Crippen LogP contribution in [0.1, 0.15) is 13.8 Å². The molecule has 0 saturated carbocycles. The van der Waals surface area contributed by atoms with E-state index < -0.39 is 10.7 Å². The molecule has 2 N–H and O–H groups in total. The fraction of sp³-hybridized carbons (Fsp3) is 0.500. The van der Waals surface area contributed by atoms with Crippen LogP contribution in [0.15, 0.2) is 12.1 Å². The number of anilines is 1. The van der Waals surface area contributed by atoms with Crippen molar-refractivity contribution >= 4 is 11.4 Å². The third-order valence-electron chi connectivity index (χ3n) is 2.46. The minimum atomic E-state index is -0.750. The lowest BCUT2D eigenvalue weighted by Crippen LogP contribution is -2.28. The minimum Gasteiger partial charge on any atom is -0.494 e. The molecule has 6 nitrogen and oxygen atoms in total. The second-order valence-electron chi connectivity index (χ2n) is 4.30. The topological polar surface area (TPSA) is 76.4 Å². The Morgan fingerprint density at radius 2 is 2.11 bits per heavy atom. The summed E-state index contributed by atoms with van der Waals surface area (Å²) in [5.41, 5.74) is -0.0587. The number of nitrogens with one attached hydrogen (secondary N) is 2. The minimum absolute atomic E-state index is 0.0232. The molecule has 0 aliphatic carbocycles. The van der Waals surface area contributed by atoms with Crippen LogP contribution in [0.5, 0.6) is 5.75 Å². The van der Waals surface area contributed by atoms with Gasteiger partial charge in [-0.3, -0.25) is 10.1 Å². The number of halogens is 1. The van der Waals surface area contributed by atoms with Crippen molar-refractivity contribution in [2.24, 2.45) is 0 Å². The Balaban J connectivity index is 2.82. The number of nitro groups is 1. The zero-order chi connectivity index (χ0) is 14.4. The molecular weight excluding hydrogens is 253 g/mol. The van der Waals surface area contributed by atoms with E-state index in [1.807, 2.05) is 13.8 Å². The van der Waals surface area contributed by atoms with Crippen LogP contribution >= 0.6 is 0 Å². The molecule has 0 fully saturated rings. The van der Waals surface area contributed by atoms with E-state index in [0.717, 1.165) is 6.07 Å². The summed E-state index contributed by atoms with van der Waals surface area (Å²) in [5.74, 6) is -0.773. The Morgan fingerprint density at radius 1 is 1.42 bits per heavy atom. The molecule has 0 spiro atoms. The lowest BCUT2D eigenvalue weighted by Gasteiger charge is -2.11. The van der Waals surface area contributed by atoms with Gasteiger partial charge in [-0.15, -0.1) is 0 Å². The predicted octanol–water partition coefficient (Wildman–Crippen LogP) is 2.15. The van der Waals surface area contributed by atoms with E-state index >= 15 is 0 Å². The van der Waals surface area contributed by atoms with Crippen molar-refractivity contribution in [1.29, 1.82) is 0 Å². The smallest absolute Gasteiger partial charge is 0.295 e. The summed E-state index contributed by atoms with van der Waals surface area (Å²) >= 11 is 0. The normalized spacial score (nSPS) is 10.6. The lowest BCUT2D eigenvalue weighted by molar-refractivity contribution is -0.384. The predicted molar refractivity (Wildman–Crippen MR) is 71.2 cm³/mol. The Morgan fingerprint density at radius 3 is 2.63 bits per heavy atom. The number of methoxy groups -OCH3 is 1. The average molecular weight is 271 g/mol. The van der Waals surface area contributed by atoms with E-state index in [1.54, 1.807) is 0 Å². The second kappa shape index (κ2) is 6.89. The van der Waals surface area contributed by atoms with Crippen LogP contribution in [-0.2, 0) is 0 Å². The highest BCUT2D eigenvalue weighted by molar-refractivity contribution is 5.64. The van der Waals surface area contributed by atoms with Gasteiger partial charge < -0.3 is 15.4 Å². The van der Waals surface area contributed by atoms with Crippen LogP contribution in [0.4, 0.5) is 15.8 Å². The van der Waals surface area contributed by atoms with E-state index in [1.165, 1.54) is 13.2 Å². The highest BCUT2D eigenvalue weighted by atomic mass is 19.1. The molecule has 0 aromatic heterocycles. The first-order valence-electron chi connectivity index (χ1n) is 5.95. The summed E-state index contributed by atoms with van der Waals surface area (Å²) in [5, 5.41) is 16.9. The Kier molecular flexibility index (Phi) is 5.50. The van der Waals surface area contributed by atoms with Gasteiger partial charge in [-0.2, -0.15) is 0 Å². The van der Waals surface area contributed by atoms with Crippen molar-refractivity contribution < 1.29 is 14.1 Å². The van der Waals surface area contributed by atoms with Crippen LogP contribution in [0.25, 0.3) is 0 Å². The fourth-order valence-electron chi connectivity index (χ4n) is 1.55. The summed E-state index contributed by atoms with van der Waals surface area (Å²) in [4.78, 5) is 10.2. The van der Waals surface area contributed by atoms with E-state index in [0.29, 0.717) is 19.1 Å². The molecule has 0 bridgehead atoms. The Labute approximate surface area is 111 Å². The fourth-order valence-corrected chi connectivity index (χ4v) is 1.55. The van der Waals surface area contributed by atoms with Crippen molar-refractivity contribution in [3.05, 3.63) is 28.1 Å². The molecule has 0 unspecified atom stereocenters. The molecule has 1 rings (SSSR count). The van der Waals surface area contributed by atoms with Gasteiger partial charge in [-0.25, -0.2) is 4.39 Å². The molecule has 0 atom stereocenters. The highest BCUT2D eigenvalue weighted by Crippen LogP contribution is 2.31. The molecule has 0 saturated heterocycles. The number of hydrogen-bond acceptors (Lipinski definition) is 5. The zero-order valence-electron chi connectivity index (χ0n) is 11.2. The first-order valence-corrected chi connectivity index (χ1v) is 5.95. The van der Waals surface area contributed by atoms with E-state index in [9.17, 15) is 14.5 Å². The van der Waals surface area contributed by atoms with Gasteiger partial charge in [0.25, 0.3) is 5.69 Å². The van der Waals surface area contributed by atoms with Crippen LogP contribution < -0.4 is 15.4 Å². The summed E-state index contributed by atoms with van der Waals surface area (Å²) in [6, 6.07) is 2.49. The second-order valence-corrected chi connectivity index (χ2v) is 4.30. The summed E-state index contributed by atoms with van der Waals surface area (Å²) in [7, 11) is 1.31. The monoisotopic (exact) mass is 271 g/mol. The number of ether oxygens (including phenoxy) is 1. The zero-order valence-corrected chi connectivity index (χ0v) is 11.2. The van der Waals surface area contributed by atoms with Crippen LogP contribution in [0.2, 0.25) is 0 Å². The SMILES string of the molecule is COc1cc(NCCNC(C)C)c([N+](=O)[O-])cc1F. The van der Waals surface area contributed by atoms with E-state index in [4.69, 9.17) is 4.74 Å². The van der Waals surface area contributed by atoms with Crippen molar-refractivity contribution in [1.82, 2.24) is 5.32 Å². The highest BCUT2D eigenvalue weighted by Gasteiger charge is 2.18. The molecule has 106 valence electrons. The molecule has 0 aliphatic heterocycles. The van der Waals surface area contributed by atoms with Gasteiger partial charge in [0.1, 0.15) is 5.69 Å². The first kappa shape index (κ1) is 15.2. The van der Waals surface area contributed by atoms with Gasteiger partial charge in [-0.1, -0.05) is 13.8 Å². The molecule has 0 heterocycles. The van der Waals surface area contributed by atoms with Crippen molar-refractivity contribution in [2.45, 2.75) is 19.9 Å². The van der Waals surface area contributed by atoms with Gasteiger partial charge in [0.2, 0.25) is 0 Å².